The topological polar surface area (TPSA) is 41.1 Å². The summed E-state index contributed by atoms with van der Waals surface area (Å²) in [5.41, 5.74) is 2.66. The monoisotopic (exact) mass is 404 g/mol. The summed E-state index contributed by atoms with van der Waals surface area (Å²) in [4.78, 5) is 14.6. The Kier molecular flexibility index (Phi) is 5.36. The van der Waals surface area contributed by atoms with Crippen LogP contribution in [0, 0.1) is 0 Å². The highest BCUT2D eigenvalue weighted by Gasteiger charge is 2.23. The molecule has 0 aliphatic carbocycles. The highest BCUT2D eigenvalue weighted by molar-refractivity contribution is 7.98. The first-order valence-electron chi connectivity index (χ1n) is 8.76. The standard InChI is InChI=1S/C19H21ClN4S2/c1-3-21-17-16-14-8-9-24(2)10-15(14)26-18(16)23-19(22-17)25-11-12-4-6-13(20)7-5-12/h4-7H,3,8-11H2,1-2H3,(H,21,22,23). The molecule has 0 amide bonds. The average molecular weight is 405 g/mol. The van der Waals surface area contributed by atoms with Gasteiger partial charge in [-0.2, -0.15) is 0 Å². The Morgan fingerprint density at radius 2 is 2.08 bits per heavy atom. The van der Waals surface area contributed by atoms with Crippen molar-refractivity contribution >= 4 is 50.7 Å². The van der Waals surface area contributed by atoms with Gasteiger partial charge >= 0.3 is 0 Å². The molecule has 0 bridgehead atoms. The van der Waals surface area contributed by atoms with Gasteiger partial charge < -0.3 is 10.2 Å². The number of fused-ring (bicyclic) bond motifs is 3. The van der Waals surface area contributed by atoms with Crippen molar-refractivity contribution in [2.45, 2.75) is 30.8 Å². The molecule has 4 rings (SSSR count). The normalized spacial score (nSPS) is 14.6. The van der Waals surface area contributed by atoms with Crippen molar-refractivity contribution in [3.8, 4) is 0 Å². The van der Waals surface area contributed by atoms with Crippen LogP contribution < -0.4 is 5.32 Å². The summed E-state index contributed by atoms with van der Waals surface area (Å²) in [5.74, 6) is 1.82. The van der Waals surface area contributed by atoms with E-state index in [4.69, 9.17) is 21.6 Å². The van der Waals surface area contributed by atoms with E-state index in [1.165, 1.54) is 21.4 Å². The summed E-state index contributed by atoms with van der Waals surface area (Å²) in [6.45, 7) is 5.08. The Balaban J connectivity index is 1.66. The van der Waals surface area contributed by atoms with Gasteiger partial charge in [-0.15, -0.1) is 11.3 Å². The van der Waals surface area contributed by atoms with Crippen molar-refractivity contribution < 1.29 is 0 Å². The van der Waals surface area contributed by atoms with Gasteiger partial charge in [0.15, 0.2) is 5.16 Å². The largest absolute Gasteiger partial charge is 0.370 e. The van der Waals surface area contributed by atoms with Crippen LogP contribution in [-0.4, -0.2) is 35.0 Å². The highest BCUT2D eigenvalue weighted by atomic mass is 35.5. The number of anilines is 1. The number of likely N-dealkylation sites (N-methyl/N-ethyl adjacent to an activating group) is 1. The summed E-state index contributed by atoms with van der Waals surface area (Å²) < 4.78 is 0. The van der Waals surface area contributed by atoms with Crippen LogP contribution >= 0.6 is 34.7 Å². The molecule has 1 aliphatic heterocycles. The molecule has 0 fully saturated rings. The minimum Gasteiger partial charge on any atom is -0.370 e. The number of thiophene rings is 1. The Labute approximate surface area is 167 Å². The summed E-state index contributed by atoms with van der Waals surface area (Å²) in [6.07, 6.45) is 1.07. The van der Waals surface area contributed by atoms with Gasteiger partial charge in [-0.05, 0) is 43.7 Å². The lowest BCUT2D eigenvalue weighted by atomic mass is 10.1. The van der Waals surface area contributed by atoms with Crippen LogP contribution in [-0.2, 0) is 18.7 Å². The van der Waals surface area contributed by atoms with E-state index in [2.05, 4.69) is 36.3 Å². The molecule has 1 aliphatic rings. The van der Waals surface area contributed by atoms with Crippen LogP contribution in [0.5, 0.6) is 0 Å². The highest BCUT2D eigenvalue weighted by Crippen LogP contribution is 2.38. The number of aromatic nitrogens is 2. The van der Waals surface area contributed by atoms with E-state index >= 15 is 0 Å². The first kappa shape index (κ1) is 18.0. The predicted molar refractivity (Wildman–Crippen MR) is 113 cm³/mol. The number of hydrogen-bond acceptors (Lipinski definition) is 6. The van der Waals surface area contributed by atoms with Crippen LogP contribution in [0.4, 0.5) is 5.82 Å². The minimum absolute atomic E-state index is 0.764. The lowest BCUT2D eigenvalue weighted by molar-refractivity contribution is 0.318. The van der Waals surface area contributed by atoms with E-state index < -0.39 is 0 Å². The van der Waals surface area contributed by atoms with Crippen LogP contribution in [0.1, 0.15) is 22.9 Å². The number of rotatable bonds is 5. The molecule has 2 aromatic heterocycles. The summed E-state index contributed by atoms with van der Waals surface area (Å²) in [7, 11) is 2.18. The molecule has 0 unspecified atom stereocenters. The molecule has 4 nitrogen and oxygen atoms in total. The molecule has 0 saturated heterocycles. The Bertz CT molecular complexity index is 923. The fourth-order valence-electron chi connectivity index (χ4n) is 3.19. The van der Waals surface area contributed by atoms with Gasteiger partial charge in [-0.25, -0.2) is 9.97 Å². The van der Waals surface area contributed by atoms with Crippen molar-refractivity contribution in [1.29, 1.82) is 0 Å². The molecule has 3 heterocycles. The zero-order chi connectivity index (χ0) is 18.1. The third-order valence-electron chi connectivity index (χ3n) is 4.50. The van der Waals surface area contributed by atoms with E-state index in [1.54, 1.807) is 11.8 Å². The molecular weight excluding hydrogens is 384 g/mol. The zero-order valence-corrected chi connectivity index (χ0v) is 17.3. The first-order valence-corrected chi connectivity index (χ1v) is 10.9. The van der Waals surface area contributed by atoms with Gasteiger partial charge in [0.1, 0.15) is 10.6 Å². The molecule has 3 aromatic rings. The van der Waals surface area contributed by atoms with E-state index in [1.807, 2.05) is 23.5 Å². The maximum Gasteiger partial charge on any atom is 0.191 e. The quantitative estimate of drug-likeness (QED) is 0.475. The molecule has 7 heteroatoms. The first-order chi connectivity index (χ1) is 12.6. The summed E-state index contributed by atoms with van der Waals surface area (Å²) in [6, 6.07) is 7.96. The molecule has 26 heavy (non-hydrogen) atoms. The van der Waals surface area contributed by atoms with E-state index in [0.29, 0.717) is 0 Å². The second-order valence-electron chi connectivity index (χ2n) is 6.47. The fourth-order valence-corrected chi connectivity index (χ4v) is 5.47. The van der Waals surface area contributed by atoms with Gasteiger partial charge in [0.2, 0.25) is 0 Å². The van der Waals surface area contributed by atoms with Crippen molar-refractivity contribution in [1.82, 2.24) is 14.9 Å². The zero-order valence-electron chi connectivity index (χ0n) is 14.9. The second kappa shape index (κ2) is 7.72. The van der Waals surface area contributed by atoms with Crippen molar-refractivity contribution in [2.24, 2.45) is 0 Å². The van der Waals surface area contributed by atoms with Crippen molar-refractivity contribution in [3.05, 3.63) is 45.3 Å². The average Bonchev–Trinajstić information content (AvgIpc) is 2.99. The number of thioether (sulfide) groups is 1. The number of benzene rings is 1. The predicted octanol–water partition coefficient (Wildman–Crippen LogP) is 5.06. The van der Waals surface area contributed by atoms with Gasteiger partial charge in [0, 0.05) is 35.3 Å². The smallest absolute Gasteiger partial charge is 0.191 e. The number of nitrogens with zero attached hydrogens (tertiary/aromatic N) is 3. The van der Waals surface area contributed by atoms with Gasteiger partial charge in [-0.1, -0.05) is 35.5 Å². The summed E-state index contributed by atoms with van der Waals surface area (Å²) >= 11 is 9.46. The molecule has 0 radical (unpaired) electrons. The van der Waals surface area contributed by atoms with Gasteiger partial charge in [-0.3, -0.25) is 0 Å². The maximum atomic E-state index is 5.97. The number of halogens is 1. The number of nitrogens with one attached hydrogen (secondary N) is 1. The van der Waals surface area contributed by atoms with Gasteiger partial charge in [0.05, 0.1) is 5.39 Å². The van der Waals surface area contributed by atoms with E-state index in [9.17, 15) is 0 Å². The second-order valence-corrected chi connectivity index (χ2v) is 8.93. The van der Waals surface area contributed by atoms with Crippen LogP contribution in [0.25, 0.3) is 10.2 Å². The minimum atomic E-state index is 0.764. The molecule has 0 spiro atoms. The molecule has 1 N–H and O–H groups in total. The molecule has 136 valence electrons. The molecular formula is C19H21ClN4S2. The Morgan fingerprint density at radius 1 is 1.27 bits per heavy atom. The van der Waals surface area contributed by atoms with Crippen LogP contribution in [0.15, 0.2) is 29.4 Å². The third kappa shape index (κ3) is 3.69. The fraction of sp³-hybridized carbons (Fsp3) is 0.368. The van der Waals surface area contributed by atoms with Crippen molar-refractivity contribution in [2.75, 3.05) is 25.5 Å². The molecule has 1 aromatic carbocycles. The van der Waals surface area contributed by atoms with Crippen molar-refractivity contribution in [3.63, 3.8) is 0 Å². The summed E-state index contributed by atoms with van der Waals surface area (Å²) in [5, 5.41) is 6.28. The molecule has 0 atom stereocenters. The lowest BCUT2D eigenvalue weighted by Gasteiger charge is -2.22. The lowest BCUT2D eigenvalue weighted by Crippen LogP contribution is -2.25. The van der Waals surface area contributed by atoms with Crippen LogP contribution in [0.3, 0.4) is 0 Å². The van der Waals surface area contributed by atoms with Crippen LogP contribution in [0.2, 0.25) is 5.02 Å². The maximum absolute atomic E-state index is 5.97. The third-order valence-corrected chi connectivity index (χ3v) is 6.78. The van der Waals surface area contributed by atoms with E-state index in [-0.39, 0.29) is 0 Å². The van der Waals surface area contributed by atoms with Gasteiger partial charge in [0.25, 0.3) is 0 Å². The Hall–Kier alpha value is -1.34. The van der Waals surface area contributed by atoms with E-state index in [0.717, 1.165) is 52.6 Å². The SMILES string of the molecule is CCNc1nc(SCc2ccc(Cl)cc2)nc2sc3c(c12)CCN(C)C3. The Morgan fingerprint density at radius 3 is 2.85 bits per heavy atom. The number of hydrogen-bond donors (Lipinski definition) is 1. The molecule has 0 saturated carbocycles.